The minimum absolute atomic E-state index is 0. The van der Waals surface area contributed by atoms with Gasteiger partial charge in [-0.25, -0.2) is 0 Å². The Kier molecular flexibility index (Phi) is 12.6. The standard InChI is InChI=1S/C19H31N3O3.HI/c1-20-19(21-9-5-10-24-15-18-8-4-11-25-18)22-13-16-6-3-7-17(12-16)14-23-2;/h3,6-7,12,18H,4-5,8-11,13-15H2,1-2H3,(H2,20,21,22);1H. The molecule has 0 aromatic heterocycles. The van der Waals surface area contributed by atoms with Crippen molar-refractivity contribution in [2.45, 2.75) is 38.5 Å². The molecule has 1 saturated heterocycles. The zero-order chi connectivity index (χ0) is 17.7. The van der Waals surface area contributed by atoms with E-state index in [1.165, 1.54) is 11.1 Å². The average Bonchev–Trinajstić information content (AvgIpc) is 3.14. The van der Waals surface area contributed by atoms with Crippen molar-refractivity contribution in [1.29, 1.82) is 0 Å². The van der Waals surface area contributed by atoms with E-state index in [1.54, 1.807) is 14.2 Å². The molecule has 2 rings (SSSR count). The zero-order valence-electron chi connectivity index (χ0n) is 15.8. The van der Waals surface area contributed by atoms with Crippen molar-refractivity contribution in [3.8, 4) is 0 Å². The first-order valence-electron chi connectivity index (χ1n) is 9.02. The molecule has 1 aliphatic rings. The first kappa shape index (κ1) is 23.1. The van der Waals surface area contributed by atoms with E-state index >= 15 is 0 Å². The molecule has 1 unspecified atom stereocenters. The highest BCUT2D eigenvalue weighted by Gasteiger charge is 2.14. The highest BCUT2D eigenvalue weighted by atomic mass is 127. The second-order valence-corrected chi connectivity index (χ2v) is 6.17. The Morgan fingerprint density at radius 2 is 2.15 bits per heavy atom. The lowest BCUT2D eigenvalue weighted by molar-refractivity contribution is 0.0168. The lowest BCUT2D eigenvalue weighted by atomic mass is 10.1. The number of nitrogens with one attached hydrogen (secondary N) is 2. The highest BCUT2D eigenvalue weighted by molar-refractivity contribution is 14.0. The van der Waals surface area contributed by atoms with Crippen molar-refractivity contribution in [2.24, 2.45) is 4.99 Å². The molecule has 0 radical (unpaired) electrons. The first-order chi connectivity index (χ1) is 12.3. The Hall–Kier alpha value is -0.900. The van der Waals surface area contributed by atoms with Gasteiger partial charge in [0.05, 0.1) is 19.3 Å². The van der Waals surface area contributed by atoms with Gasteiger partial charge in [-0.2, -0.15) is 0 Å². The number of halogens is 1. The van der Waals surface area contributed by atoms with Crippen LogP contribution in [0.15, 0.2) is 29.3 Å². The fraction of sp³-hybridized carbons (Fsp3) is 0.632. The summed E-state index contributed by atoms with van der Waals surface area (Å²) in [7, 11) is 3.49. The van der Waals surface area contributed by atoms with Crippen molar-refractivity contribution >= 4 is 29.9 Å². The van der Waals surface area contributed by atoms with Crippen molar-refractivity contribution in [3.05, 3.63) is 35.4 Å². The third-order valence-electron chi connectivity index (χ3n) is 4.07. The minimum atomic E-state index is 0. The van der Waals surface area contributed by atoms with Gasteiger partial charge in [0.1, 0.15) is 0 Å². The fourth-order valence-electron chi connectivity index (χ4n) is 2.77. The van der Waals surface area contributed by atoms with Crippen LogP contribution in [-0.4, -0.2) is 52.6 Å². The van der Waals surface area contributed by atoms with Crippen LogP contribution in [-0.2, 0) is 27.4 Å². The number of methoxy groups -OCH3 is 1. The number of aliphatic imine (C=N–C) groups is 1. The molecule has 148 valence electrons. The Morgan fingerprint density at radius 1 is 1.31 bits per heavy atom. The van der Waals surface area contributed by atoms with Crippen LogP contribution in [0.1, 0.15) is 30.4 Å². The summed E-state index contributed by atoms with van der Waals surface area (Å²) in [6.07, 6.45) is 3.53. The molecule has 1 aromatic carbocycles. The van der Waals surface area contributed by atoms with E-state index in [0.29, 0.717) is 19.3 Å². The van der Waals surface area contributed by atoms with Crippen LogP contribution < -0.4 is 10.6 Å². The van der Waals surface area contributed by atoms with E-state index in [2.05, 4.69) is 33.8 Å². The molecule has 2 N–H and O–H groups in total. The molecule has 0 spiro atoms. The number of hydrogen-bond acceptors (Lipinski definition) is 4. The van der Waals surface area contributed by atoms with E-state index in [1.807, 2.05) is 6.07 Å². The fourth-order valence-corrected chi connectivity index (χ4v) is 2.77. The summed E-state index contributed by atoms with van der Waals surface area (Å²) in [5.74, 6) is 0.802. The second-order valence-electron chi connectivity index (χ2n) is 6.17. The molecule has 0 bridgehead atoms. The number of benzene rings is 1. The third kappa shape index (κ3) is 9.16. The smallest absolute Gasteiger partial charge is 0.191 e. The number of guanidine groups is 1. The van der Waals surface area contributed by atoms with E-state index in [-0.39, 0.29) is 24.0 Å². The summed E-state index contributed by atoms with van der Waals surface area (Å²) >= 11 is 0. The van der Waals surface area contributed by atoms with Crippen LogP contribution in [0.5, 0.6) is 0 Å². The van der Waals surface area contributed by atoms with E-state index in [4.69, 9.17) is 14.2 Å². The minimum Gasteiger partial charge on any atom is -0.380 e. The molecule has 0 saturated carbocycles. The predicted molar refractivity (Wildman–Crippen MR) is 115 cm³/mol. The molecule has 1 aliphatic heterocycles. The van der Waals surface area contributed by atoms with Crippen LogP contribution in [0, 0.1) is 0 Å². The second kappa shape index (κ2) is 14.2. The van der Waals surface area contributed by atoms with Crippen LogP contribution >= 0.6 is 24.0 Å². The van der Waals surface area contributed by atoms with Gasteiger partial charge in [-0.1, -0.05) is 24.3 Å². The van der Waals surface area contributed by atoms with Gasteiger partial charge in [-0.3, -0.25) is 4.99 Å². The van der Waals surface area contributed by atoms with Crippen molar-refractivity contribution < 1.29 is 14.2 Å². The average molecular weight is 477 g/mol. The molecule has 0 aliphatic carbocycles. The largest absolute Gasteiger partial charge is 0.380 e. The lowest BCUT2D eigenvalue weighted by Crippen LogP contribution is -2.37. The molecule has 6 nitrogen and oxygen atoms in total. The van der Waals surface area contributed by atoms with Crippen LogP contribution in [0.25, 0.3) is 0 Å². The molecule has 0 amide bonds. The number of hydrogen-bond donors (Lipinski definition) is 2. The maximum Gasteiger partial charge on any atom is 0.191 e. The Balaban J connectivity index is 0.00000338. The summed E-state index contributed by atoms with van der Waals surface area (Å²) < 4.78 is 16.4. The Morgan fingerprint density at radius 3 is 2.88 bits per heavy atom. The maximum atomic E-state index is 5.66. The number of ether oxygens (including phenoxy) is 3. The molecule has 7 heteroatoms. The summed E-state index contributed by atoms with van der Waals surface area (Å²) in [6, 6.07) is 8.35. The maximum absolute atomic E-state index is 5.66. The summed E-state index contributed by atoms with van der Waals surface area (Å²) in [4.78, 5) is 4.25. The van der Waals surface area contributed by atoms with Gasteiger partial charge in [-0.15, -0.1) is 24.0 Å². The van der Waals surface area contributed by atoms with Crippen LogP contribution in [0.4, 0.5) is 0 Å². The Labute approximate surface area is 174 Å². The van der Waals surface area contributed by atoms with Gasteiger partial charge < -0.3 is 24.8 Å². The van der Waals surface area contributed by atoms with Gasteiger partial charge >= 0.3 is 0 Å². The molecule has 1 aromatic rings. The molecule has 26 heavy (non-hydrogen) atoms. The summed E-state index contributed by atoms with van der Waals surface area (Å²) in [5.41, 5.74) is 2.38. The van der Waals surface area contributed by atoms with Crippen molar-refractivity contribution in [1.82, 2.24) is 10.6 Å². The summed E-state index contributed by atoms with van der Waals surface area (Å²) in [6.45, 7) is 4.52. The van der Waals surface area contributed by atoms with E-state index in [9.17, 15) is 0 Å². The van der Waals surface area contributed by atoms with Crippen molar-refractivity contribution in [3.63, 3.8) is 0 Å². The predicted octanol–water partition coefficient (Wildman–Crippen LogP) is 2.70. The normalized spacial score (nSPS) is 17.0. The highest BCUT2D eigenvalue weighted by Crippen LogP contribution is 2.11. The SMILES string of the molecule is CN=C(NCCCOCC1CCCO1)NCc1cccc(COC)c1.I. The molecular weight excluding hydrogens is 445 g/mol. The molecule has 1 fully saturated rings. The number of rotatable bonds is 10. The first-order valence-corrected chi connectivity index (χ1v) is 9.02. The van der Waals surface area contributed by atoms with Gasteiger partial charge in [0.15, 0.2) is 5.96 Å². The molecule has 1 heterocycles. The van der Waals surface area contributed by atoms with Gasteiger partial charge in [0.25, 0.3) is 0 Å². The van der Waals surface area contributed by atoms with Gasteiger partial charge in [0, 0.05) is 40.5 Å². The van der Waals surface area contributed by atoms with E-state index < -0.39 is 0 Å². The number of nitrogens with zero attached hydrogens (tertiary/aromatic N) is 1. The Bertz CT molecular complexity index is 523. The molecule has 1 atom stereocenters. The van der Waals surface area contributed by atoms with Crippen LogP contribution in [0.2, 0.25) is 0 Å². The molecular formula is C19H32IN3O3. The van der Waals surface area contributed by atoms with Gasteiger partial charge in [-0.05, 0) is 30.4 Å². The van der Waals surface area contributed by atoms with Crippen molar-refractivity contribution in [2.75, 3.05) is 40.5 Å². The van der Waals surface area contributed by atoms with Gasteiger partial charge in [0.2, 0.25) is 0 Å². The zero-order valence-corrected chi connectivity index (χ0v) is 18.2. The summed E-state index contributed by atoms with van der Waals surface area (Å²) in [5, 5.41) is 6.64. The van der Waals surface area contributed by atoms with Crippen LogP contribution in [0.3, 0.4) is 0 Å². The van der Waals surface area contributed by atoms with E-state index in [0.717, 1.165) is 51.5 Å². The quantitative estimate of drug-likeness (QED) is 0.235. The third-order valence-corrected chi connectivity index (χ3v) is 4.07. The lowest BCUT2D eigenvalue weighted by Gasteiger charge is -2.13. The monoisotopic (exact) mass is 477 g/mol. The topological polar surface area (TPSA) is 64.1 Å².